The molecule has 0 spiro atoms. The van der Waals surface area contributed by atoms with Gasteiger partial charge in [-0.1, -0.05) is 47.1 Å². The molecule has 1 aliphatic rings. The van der Waals surface area contributed by atoms with Crippen molar-refractivity contribution in [2.24, 2.45) is 5.16 Å². The maximum atomic E-state index is 11.9. The maximum Gasteiger partial charge on any atom is 0.368 e. The Hall–Kier alpha value is -2.99. The van der Waals surface area contributed by atoms with E-state index in [-0.39, 0.29) is 17.0 Å². The summed E-state index contributed by atoms with van der Waals surface area (Å²) in [5.41, 5.74) is 1.38. The number of oxime groups is 1. The Bertz CT molecular complexity index is 874. The van der Waals surface area contributed by atoms with Crippen LogP contribution in [0.25, 0.3) is 6.08 Å². The summed E-state index contributed by atoms with van der Waals surface area (Å²) in [6.45, 7) is 0. The van der Waals surface area contributed by atoms with Crippen LogP contribution in [0.3, 0.4) is 0 Å². The standard InChI is InChI=1S/C16H9ClN2O4/c17-14-7-2-1-4-10(14)9-13-15(18-23-16(13)20)11-5-3-6-12(8-11)19(21)22/h1-9H. The van der Waals surface area contributed by atoms with Crippen LogP contribution in [0.15, 0.2) is 59.3 Å². The summed E-state index contributed by atoms with van der Waals surface area (Å²) in [5.74, 6) is -0.633. The van der Waals surface area contributed by atoms with Crippen LogP contribution in [0, 0.1) is 10.1 Å². The Morgan fingerprint density at radius 1 is 1.17 bits per heavy atom. The van der Waals surface area contributed by atoms with Crippen molar-refractivity contribution in [1.82, 2.24) is 0 Å². The van der Waals surface area contributed by atoms with Crippen molar-refractivity contribution in [3.63, 3.8) is 0 Å². The van der Waals surface area contributed by atoms with E-state index < -0.39 is 10.9 Å². The number of benzene rings is 2. The van der Waals surface area contributed by atoms with Crippen molar-refractivity contribution in [1.29, 1.82) is 0 Å². The molecule has 6 nitrogen and oxygen atoms in total. The van der Waals surface area contributed by atoms with E-state index in [0.717, 1.165) is 0 Å². The number of carbonyl (C=O) groups excluding carboxylic acids is 1. The smallest absolute Gasteiger partial charge is 0.312 e. The Labute approximate surface area is 135 Å². The number of non-ortho nitro benzene ring substituents is 1. The molecule has 0 bridgehead atoms. The summed E-state index contributed by atoms with van der Waals surface area (Å²) in [5, 5.41) is 15.1. The van der Waals surface area contributed by atoms with Gasteiger partial charge in [0.1, 0.15) is 5.71 Å². The highest BCUT2D eigenvalue weighted by Crippen LogP contribution is 2.25. The molecule has 0 fully saturated rings. The van der Waals surface area contributed by atoms with Gasteiger partial charge in [-0.05, 0) is 17.7 Å². The van der Waals surface area contributed by atoms with Crippen molar-refractivity contribution in [3.05, 3.63) is 80.4 Å². The van der Waals surface area contributed by atoms with E-state index in [1.165, 1.54) is 18.2 Å². The fraction of sp³-hybridized carbons (Fsp3) is 0. The molecule has 2 aromatic carbocycles. The minimum absolute atomic E-state index is 0.0957. The molecule has 3 rings (SSSR count). The Morgan fingerprint density at radius 2 is 1.96 bits per heavy atom. The second-order valence-corrected chi connectivity index (χ2v) is 5.11. The monoisotopic (exact) mass is 328 g/mol. The third kappa shape index (κ3) is 2.97. The first-order valence-corrected chi connectivity index (χ1v) is 6.95. The van der Waals surface area contributed by atoms with Gasteiger partial charge in [-0.3, -0.25) is 10.1 Å². The molecular formula is C16H9ClN2O4. The van der Waals surface area contributed by atoms with E-state index >= 15 is 0 Å². The van der Waals surface area contributed by atoms with Gasteiger partial charge in [-0.15, -0.1) is 0 Å². The van der Waals surface area contributed by atoms with Gasteiger partial charge in [0.15, 0.2) is 0 Å². The van der Waals surface area contributed by atoms with Gasteiger partial charge in [0.2, 0.25) is 0 Å². The Morgan fingerprint density at radius 3 is 2.70 bits per heavy atom. The summed E-state index contributed by atoms with van der Waals surface area (Å²) in [4.78, 5) is 27.0. The normalized spacial score (nSPS) is 15.4. The highest BCUT2D eigenvalue weighted by Gasteiger charge is 2.27. The van der Waals surface area contributed by atoms with Gasteiger partial charge < -0.3 is 4.84 Å². The number of nitro benzene ring substituents is 1. The van der Waals surface area contributed by atoms with Gasteiger partial charge in [0.05, 0.1) is 10.5 Å². The first-order chi connectivity index (χ1) is 11.1. The fourth-order valence-electron chi connectivity index (χ4n) is 2.13. The second-order valence-electron chi connectivity index (χ2n) is 4.71. The lowest BCUT2D eigenvalue weighted by Crippen LogP contribution is -2.07. The van der Waals surface area contributed by atoms with Gasteiger partial charge in [-0.25, -0.2) is 4.79 Å². The molecule has 0 unspecified atom stereocenters. The van der Waals surface area contributed by atoms with Crippen LogP contribution in [-0.4, -0.2) is 16.6 Å². The van der Waals surface area contributed by atoms with Gasteiger partial charge in [0.25, 0.3) is 5.69 Å². The predicted molar refractivity (Wildman–Crippen MR) is 85.2 cm³/mol. The van der Waals surface area contributed by atoms with Crippen molar-refractivity contribution in [2.45, 2.75) is 0 Å². The first-order valence-electron chi connectivity index (χ1n) is 6.57. The van der Waals surface area contributed by atoms with Crippen LogP contribution >= 0.6 is 11.6 Å². The minimum atomic E-state index is -0.633. The number of nitro groups is 1. The van der Waals surface area contributed by atoms with Crippen LogP contribution < -0.4 is 0 Å². The molecule has 0 radical (unpaired) electrons. The molecule has 0 saturated carbocycles. The van der Waals surface area contributed by atoms with Crippen LogP contribution in [-0.2, 0) is 9.63 Å². The molecule has 0 aliphatic carbocycles. The van der Waals surface area contributed by atoms with Crippen molar-refractivity contribution >= 4 is 35.0 Å². The lowest BCUT2D eigenvalue weighted by Gasteiger charge is -2.02. The van der Waals surface area contributed by atoms with Crippen LogP contribution in [0.1, 0.15) is 11.1 Å². The van der Waals surface area contributed by atoms with E-state index in [1.54, 1.807) is 36.4 Å². The molecular weight excluding hydrogens is 320 g/mol. The van der Waals surface area contributed by atoms with Crippen molar-refractivity contribution in [3.8, 4) is 0 Å². The van der Waals surface area contributed by atoms with Gasteiger partial charge in [-0.2, -0.15) is 0 Å². The molecule has 7 heteroatoms. The zero-order chi connectivity index (χ0) is 16.4. The summed E-state index contributed by atoms with van der Waals surface area (Å²) in [6, 6.07) is 12.8. The zero-order valence-corrected chi connectivity index (χ0v) is 12.4. The molecule has 0 saturated heterocycles. The van der Waals surface area contributed by atoms with Crippen LogP contribution in [0.4, 0.5) is 5.69 Å². The topological polar surface area (TPSA) is 81.8 Å². The van der Waals surface area contributed by atoms with E-state index in [0.29, 0.717) is 16.1 Å². The molecule has 23 heavy (non-hydrogen) atoms. The Kier molecular flexibility index (Phi) is 3.91. The molecule has 2 aromatic rings. The predicted octanol–water partition coefficient (Wildman–Crippen LogP) is 3.59. The summed E-state index contributed by atoms with van der Waals surface area (Å²) >= 11 is 6.09. The summed E-state index contributed by atoms with van der Waals surface area (Å²) < 4.78 is 0. The number of nitrogens with zero attached hydrogens (tertiary/aromatic N) is 2. The summed E-state index contributed by atoms with van der Waals surface area (Å²) in [6.07, 6.45) is 1.55. The number of halogens is 1. The zero-order valence-electron chi connectivity index (χ0n) is 11.6. The number of rotatable bonds is 3. The molecule has 0 N–H and O–H groups in total. The second kappa shape index (κ2) is 6.02. The van der Waals surface area contributed by atoms with Gasteiger partial charge >= 0.3 is 5.97 Å². The number of hydrogen-bond acceptors (Lipinski definition) is 5. The number of carbonyl (C=O) groups is 1. The van der Waals surface area contributed by atoms with Crippen molar-refractivity contribution in [2.75, 3.05) is 0 Å². The quantitative estimate of drug-likeness (QED) is 0.373. The molecule has 1 aliphatic heterocycles. The average Bonchev–Trinajstić information content (AvgIpc) is 2.91. The number of hydrogen-bond donors (Lipinski definition) is 0. The average molecular weight is 329 g/mol. The molecule has 114 valence electrons. The SMILES string of the molecule is O=C1ON=C(c2cccc([N+](=O)[O-])c2)C1=Cc1ccccc1Cl. The van der Waals surface area contributed by atoms with E-state index in [4.69, 9.17) is 16.4 Å². The minimum Gasteiger partial charge on any atom is -0.312 e. The lowest BCUT2D eigenvalue weighted by atomic mass is 10.0. The third-order valence-corrected chi connectivity index (χ3v) is 3.57. The molecule has 1 heterocycles. The molecule has 0 atom stereocenters. The van der Waals surface area contributed by atoms with E-state index in [9.17, 15) is 14.9 Å². The van der Waals surface area contributed by atoms with E-state index in [1.807, 2.05) is 0 Å². The third-order valence-electron chi connectivity index (χ3n) is 3.23. The maximum absolute atomic E-state index is 11.9. The lowest BCUT2D eigenvalue weighted by molar-refractivity contribution is -0.384. The van der Waals surface area contributed by atoms with Gasteiger partial charge in [0, 0.05) is 22.7 Å². The summed E-state index contributed by atoms with van der Waals surface area (Å²) in [7, 11) is 0. The molecule has 0 aromatic heterocycles. The van der Waals surface area contributed by atoms with Crippen LogP contribution in [0.5, 0.6) is 0 Å². The fourth-order valence-corrected chi connectivity index (χ4v) is 2.32. The molecule has 0 amide bonds. The largest absolute Gasteiger partial charge is 0.368 e. The Balaban J connectivity index is 2.06. The highest BCUT2D eigenvalue weighted by molar-refractivity contribution is 6.34. The van der Waals surface area contributed by atoms with E-state index in [2.05, 4.69) is 5.16 Å². The highest BCUT2D eigenvalue weighted by atomic mass is 35.5. The first kappa shape index (κ1) is 14.9. The van der Waals surface area contributed by atoms with Crippen molar-refractivity contribution < 1.29 is 14.6 Å². The van der Waals surface area contributed by atoms with Crippen LogP contribution in [0.2, 0.25) is 5.02 Å².